The molecular formula is C17H24N6O2S. The third kappa shape index (κ3) is 3.75. The largest absolute Gasteiger partial charge is 0.369 e. The summed E-state index contributed by atoms with van der Waals surface area (Å²) in [6, 6.07) is -0.127. The summed E-state index contributed by atoms with van der Waals surface area (Å²) in [4.78, 5) is 31.4. The number of nitriles is 1. The van der Waals surface area contributed by atoms with E-state index in [2.05, 4.69) is 21.4 Å². The quantitative estimate of drug-likeness (QED) is 0.740. The second-order valence-electron chi connectivity index (χ2n) is 6.85. The molecule has 0 saturated carbocycles. The van der Waals surface area contributed by atoms with Gasteiger partial charge in [-0.05, 0) is 25.7 Å². The van der Waals surface area contributed by atoms with Crippen LogP contribution in [0.2, 0.25) is 0 Å². The van der Waals surface area contributed by atoms with E-state index in [-0.39, 0.29) is 29.8 Å². The number of hydrogen-bond donors (Lipinski definition) is 2. The number of likely N-dealkylation sites (tertiary alicyclic amines) is 1. The Kier molecular flexibility index (Phi) is 5.61. The minimum atomic E-state index is -0.384. The normalized spacial score (nSPS) is 25.8. The monoisotopic (exact) mass is 376 g/mol. The predicted molar refractivity (Wildman–Crippen MR) is 98.1 cm³/mol. The van der Waals surface area contributed by atoms with Crippen molar-refractivity contribution in [1.29, 1.82) is 5.26 Å². The second-order valence-corrected chi connectivity index (χ2v) is 7.89. The molecule has 0 radical (unpaired) electrons. The number of nitrogens with two attached hydrogens (primary N) is 1. The minimum Gasteiger partial charge on any atom is -0.369 e. The molecule has 3 unspecified atom stereocenters. The number of carbonyl (C=O) groups excluding carboxylic acids is 2. The molecule has 26 heavy (non-hydrogen) atoms. The number of nitrogens with one attached hydrogen (secondary N) is 1. The van der Waals surface area contributed by atoms with Gasteiger partial charge in [0.05, 0.1) is 12.1 Å². The van der Waals surface area contributed by atoms with Crippen molar-refractivity contribution in [3.05, 3.63) is 11.2 Å². The highest BCUT2D eigenvalue weighted by atomic mass is 32.1. The lowest BCUT2D eigenvalue weighted by atomic mass is 10.0. The van der Waals surface area contributed by atoms with Crippen LogP contribution >= 0.6 is 11.3 Å². The summed E-state index contributed by atoms with van der Waals surface area (Å²) < 4.78 is 0. The molecule has 8 nitrogen and oxygen atoms in total. The van der Waals surface area contributed by atoms with Crippen molar-refractivity contribution in [2.75, 3.05) is 24.5 Å². The zero-order chi connectivity index (χ0) is 18.7. The van der Waals surface area contributed by atoms with Crippen molar-refractivity contribution in [1.82, 2.24) is 15.2 Å². The molecule has 9 heteroatoms. The van der Waals surface area contributed by atoms with Gasteiger partial charge in [-0.1, -0.05) is 11.3 Å². The van der Waals surface area contributed by atoms with Crippen LogP contribution in [0.4, 0.5) is 5.00 Å². The van der Waals surface area contributed by atoms with Gasteiger partial charge in [0.25, 0.3) is 0 Å². The van der Waals surface area contributed by atoms with Gasteiger partial charge in [0, 0.05) is 32.6 Å². The Morgan fingerprint density at radius 2 is 2.23 bits per heavy atom. The maximum atomic E-state index is 11.8. The van der Waals surface area contributed by atoms with Crippen LogP contribution in [-0.4, -0.2) is 47.4 Å². The Hall–Kier alpha value is -2.34. The van der Waals surface area contributed by atoms with Crippen molar-refractivity contribution < 1.29 is 9.59 Å². The number of rotatable bonds is 5. The van der Waals surface area contributed by atoms with Gasteiger partial charge in [0.1, 0.15) is 16.1 Å². The van der Waals surface area contributed by atoms with Gasteiger partial charge in [-0.2, -0.15) is 5.26 Å². The molecule has 3 atom stereocenters. The average molecular weight is 376 g/mol. The summed E-state index contributed by atoms with van der Waals surface area (Å²) in [5.74, 6) is -0.795. The number of amides is 2. The summed E-state index contributed by atoms with van der Waals surface area (Å²) >= 11 is 1.52. The third-order valence-electron chi connectivity index (χ3n) is 5.15. The van der Waals surface area contributed by atoms with Crippen LogP contribution in [0, 0.1) is 17.4 Å². The van der Waals surface area contributed by atoms with Gasteiger partial charge in [-0.3, -0.25) is 14.5 Å². The Balaban J connectivity index is 1.80. The van der Waals surface area contributed by atoms with Crippen LogP contribution in [0.3, 0.4) is 0 Å². The van der Waals surface area contributed by atoms with E-state index in [1.165, 1.54) is 18.3 Å². The van der Waals surface area contributed by atoms with E-state index < -0.39 is 0 Å². The molecule has 0 aromatic carbocycles. The molecule has 2 fully saturated rings. The topological polar surface area (TPSA) is 115 Å². The molecule has 1 aromatic rings. The minimum absolute atomic E-state index is 0.0274. The van der Waals surface area contributed by atoms with E-state index in [0.29, 0.717) is 19.5 Å². The molecule has 0 bridgehead atoms. The van der Waals surface area contributed by atoms with E-state index in [1.54, 1.807) is 4.90 Å². The van der Waals surface area contributed by atoms with Crippen molar-refractivity contribution in [3.8, 4) is 6.19 Å². The predicted octanol–water partition coefficient (Wildman–Crippen LogP) is 0.967. The SMILES string of the molecule is CC(=O)NCC1CCCCN1c1cnc(C2C(C(N)=O)CCN2C#N)s1. The maximum Gasteiger partial charge on any atom is 0.223 e. The van der Waals surface area contributed by atoms with Gasteiger partial charge in [0.15, 0.2) is 6.19 Å². The first-order chi connectivity index (χ1) is 12.5. The molecule has 2 aliphatic heterocycles. The van der Waals surface area contributed by atoms with Crippen LogP contribution < -0.4 is 16.0 Å². The average Bonchev–Trinajstić information content (AvgIpc) is 3.26. The summed E-state index contributed by atoms with van der Waals surface area (Å²) in [6.45, 7) is 3.58. The number of carbonyl (C=O) groups is 2. The fraction of sp³-hybridized carbons (Fsp3) is 0.647. The van der Waals surface area contributed by atoms with Crippen LogP contribution in [-0.2, 0) is 9.59 Å². The van der Waals surface area contributed by atoms with E-state index in [4.69, 9.17) is 5.73 Å². The maximum absolute atomic E-state index is 11.8. The van der Waals surface area contributed by atoms with Crippen LogP contribution in [0.15, 0.2) is 6.20 Å². The van der Waals surface area contributed by atoms with E-state index in [9.17, 15) is 14.9 Å². The van der Waals surface area contributed by atoms with E-state index in [0.717, 1.165) is 35.8 Å². The molecule has 0 aliphatic carbocycles. The molecule has 0 spiro atoms. The molecule has 3 heterocycles. The van der Waals surface area contributed by atoms with Crippen molar-refractivity contribution in [3.63, 3.8) is 0 Å². The molecule has 140 valence electrons. The highest BCUT2D eigenvalue weighted by molar-refractivity contribution is 7.15. The Morgan fingerprint density at radius 3 is 2.92 bits per heavy atom. The van der Waals surface area contributed by atoms with Gasteiger partial charge >= 0.3 is 0 Å². The van der Waals surface area contributed by atoms with E-state index in [1.807, 2.05) is 6.20 Å². The van der Waals surface area contributed by atoms with Gasteiger partial charge < -0.3 is 16.0 Å². The third-order valence-corrected chi connectivity index (χ3v) is 6.26. The number of thiazole rings is 1. The van der Waals surface area contributed by atoms with Crippen LogP contribution in [0.25, 0.3) is 0 Å². The second kappa shape index (κ2) is 7.91. The highest BCUT2D eigenvalue weighted by Gasteiger charge is 2.40. The molecule has 2 saturated heterocycles. The first kappa shape index (κ1) is 18.5. The molecule has 3 N–H and O–H groups in total. The van der Waals surface area contributed by atoms with Gasteiger partial charge in [-0.15, -0.1) is 0 Å². The lowest BCUT2D eigenvalue weighted by molar-refractivity contribution is -0.122. The summed E-state index contributed by atoms with van der Waals surface area (Å²) in [7, 11) is 0. The summed E-state index contributed by atoms with van der Waals surface area (Å²) in [6.07, 6.45) is 7.81. The fourth-order valence-electron chi connectivity index (χ4n) is 3.82. The molecule has 2 aliphatic rings. The number of aromatic nitrogens is 1. The number of anilines is 1. The standard InChI is InChI=1S/C17H24N6O2S/c1-11(24)20-8-12-4-2-3-6-23(12)14-9-21-17(26-14)15-13(16(19)25)5-7-22(15)10-18/h9,12-13,15H,2-8H2,1H3,(H2,19,25)(H,20,24). The number of primary amides is 1. The van der Waals surface area contributed by atoms with Crippen LogP contribution in [0.1, 0.15) is 43.7 Å². The number of nitrogens with zero attached hydrogens (tertiary/aromatic N) is 4. The Bertz CT molecular complexity index is 714. The molecule has 2 amide bonds. The molecular weight excluding hydrogens is 352 g/mol. The van der Waals surface area contributed by atoms with Crippen LogP contribution in [0.5, 0.6) is 0 Å². The molecule has 3 rings (SSSR count). The zero-order valence-corrected chi connectivity index (χ0v) is 15.7. The molecule has 1 aromatic heterocycles. The van der Waals surface area contributed by atoms with Gasteiger partial charge in [-0.25, -0.2) is 4.98 Å². The van der Waals surface area contributed by atoms with E-state index >= 15 is 0 Å². The Morgan fingerprint density at radius 1 is 1.42 bits per heavy atom. The lowest BCUT2D eigenvalue weighted by Gasteiger charge is -2.36. The van der Waals surface area contributed by atoms with Gasteiger partial charge in [0.2, 0.25) is 11.8 Å². The van der Waals surface area contributed by atoms with Crippen molar-refractivity contribution in [2.45, 2.75) is 44.7 Å². The van der Waals surface area contributed by atoms with Crippen molar-refractivity contribution >= 4 is 28.2 Å². The number of piperidine rings is 1. The smallest absolute Gasteiger partial charge is 0.223 e. The first-order valence-electron chi connectivity index (χ1n) is 8.93. The first-order valence-corrected chi connectivity index (χ1v) is 9.75. The Labute approximate surface area is 157 Å². The summed E-state index contributed by atoms with van der Waals surface area (Å²) in [5.41, 5.74) is 5.53. The fourth-order valence-corrected chi connectivity index (χ4v) is 5.02. The zero-order valence-electron chi connectivity index (χ0n) is 14.9. The summed E-state index contributed by atoms with van der Waals surface area (Å²) in [5, 5.41) is 14.0. The lowest BCUT2D eigenvalue weighted by Crippen LogP contribution is -2.46. The highest BCUT2D eigenvalue weighted by Crippen LogP contribution is 2.41. The van der Waals surface area contributed by atoms with Crippen molar-refractivity contribution in [2.24, 2.45) is 11.7 Å². The number of hydrogen-bond acceptors (Lipinski definition) is 7.